The number of carbonyl (C=O) groups excluding carboxylic acids is 1. The number of hydrogen-bond donors (Lipinski definition) is 0. The zero-order valence-corrected chi connectivity index (χ0v) is 13.1. The number of hydrogen-bond acceptors (Lipinski definition) is 4. The number of esters is 1. The Labute approximate surface area is 125 Å². The first-order chi connectivity index (χ1) is 9.56. The van der Waals surface area contributed by atoms with Crippen molar-refractivity contribution in [2.24, 2.45) is 5.92 Å². The summed E-state index contributed by atoms with van der Waals surface area (Å²) in [6.45, 7) is 6.50. The van der Waals surface area contributed by atoms with E-state index < -0.39 is 0 Å². The standard InChI is InChI=1S/C16H21NO2S/c1-4-15(16(18)19-10-12(2)3)20-11-14-7-5-6-13(8-14)9-17/h5-8,12,15H,4,10-11H2,1-3H3. The van der Waals surface area contributed by atoms with E-state index in [1.54, 1.807) is 17.8 Å². The highest BCUT2D eigenvalue weighted by atomic mass is 32.2. The molecule has 0 saturated heterocycles. The van der Waals surface area contributed by atoms with Gasteiger partial charge in [0.15, 0.2) is 0 Å². The van der Waals surface area contributed by atoms with Gasteiger partial charge in [-0.3, -0.25) is 4.79 Å². The molecule has 0 N–H and O–H groups in total. The maximum atomic E-state index is 11.9. The van der Waals surface area contributed by atoms with Gasteiger partial charge in [0.2, 0.25) is 0 Å². The lowest BCUT2D eigenvalue weighted by Gasteiger charge is -2.15. The molecule has 0 aliphatic heterocycles. The first kappa shape index (κ1) is 16.6. The van der Waals surface area contributed by atoms with Crippen LogP contribution in [0, 0.1) is 17.2 Å². The van der Waals surface area contributed by atoms with Crippen LogP contribution in [0.25, 0.3) is 0 Å². The molecule has 1 atom stereocenters. The second kappa shape index (κ2) is 8.65. The van der Waals surface area contributed by atoms with E-state index in [0.29, 0.717) is 23.8 Å². The lowest BCUT2D eigenvalue weighted by Crippen LogP contribution is -2.21. The number of benzene rings is 1. The first-order valence-corrected chi connectivity index (χ1v) is 7.89. The van der Waals surface area contributed by atoms with Gasteiger partial charge in [0.1, 0.15) is 5.25 Å². The molecule has 0 aromatic heterocycles. The Morgan fingerprint density at radius 3 is 2.80 bits per heavy atom. The average molecular weight is 291 g/mol. The molecule has 1 aromatic carbocycles. The second-order valence-corrected chi connectivity index (χ2v) is 6.24. The molecule has 0 radical (unpaired) electrons. The lowest BCUT2D eigenvalue weighted by atomic mass is 10.2. The quantitative estimate of drug-likeness (QED) is 0.718. The monoisotopic (exact) mass is 291 g/mol. The van der Waals surface area contributed by atoms with Gasteiger partial charge in [-0.2, -0.15) is 5.26 Å². The van der Waals surface area contributed by atoms with Crippen LogP contribution in [0.1, 0.15) is 38.3 Å². The van der Waals surface area contributed by atoms with Crippen LogP contribution in [0.15, 0.2) is 24.3 Å². The van der Waals surface area contributed by atoms with Gasteiger partial charge in [-0.05, 0) is 30.0 Å². The smallest absolute Gasteiger partial charge is 0.319 e. The molecule has 1 aromatic rings. The highest BCUT2D eigenvalue weighted by molar-refractivity contribution is 7.99. The van der Waals surface area contributed by atoms with Crippen molar-refractivity contribution in [2.75, 3.05) is 6.61 Å². The maximum Gasteiger partial charge on any atom is 0.319 e. The van der Waals surface area contributed by atoms with Crippen molar-refractivity contribution in [1.29, 1.82) is 5.26 Å². The van der Waals surface area contributed by atoms with Crippen LogP contribution in [0.2, 0.25) is 0 Å². The fraction of sp³-hybridized carbons (Fsp3) is 0.500. The third-order valence-corrected chi connectivity index (χ3v) is 4.13. The van der Waals surface area contributed by atoms with Gasteiger partial charge in [0.25, 0.3) is 0 Å². The molecule has 0 bridgehead atoms. The van der Waals surface area contributed by atoms with Gasteiger partial charge < -0.3 is 4.74 Å². The summed E-state index contributed by atoms with van der Waals surface area (Å²) >= 11 is 1.57. The van der Waals surface area contributed by atoms with Crippen LogP contribution in [-0.4, -0.2) is 17.8 Å². The summed E-state index contributed by atoms with van der Waals surface area (Å²) < 4.78 is 5.28. The van der Waals surface area contributed by atoms with Gasteiger partial charge in [-0.1, -0.05) is 32.9 Å². The molecule has 108 valence electrons. The summed E-state index contributed by atoms with van der Waals surface area (Å²) in [5.74, 6) is 0.932. The minimum absolute atomic E-state index is 0.136. The molecule has 0 spiro atoms. The van der Waals surface area contributed by atoms with Crippen molar-refractivity contribution < 1.29 is 9.53 Å². The molecule has 0 saturated carbocycles. The summed E-state index contributed by atoms with van der Waals surface area (Å²) in [7, 11) is 0. The Morgan fingerprint density at radius 2 is 2.20 bits per heavy atom. The van der Waals surface area contributed by atoms with E-state index in [0.717, 1.165) is 12.0 Å². The number of nitriles is 1. The topological polar surface area (TPSA) is 50.1 Å². The Bertz CT molecular complexity index is 480. The molecule has 0 fully saturated rings. The zero-order chi connectivity index (χ0) is 15.0. The van der Waals surface area contributed by atoms with Gasteiger partial charge in [-0.25, -0.2) is 0 Å². The highest BCUT2D eigenvalue weighted by Gasteiger charge is 2.18. The predicted octanol–water partition coefficient (Wildman–Crippen LogP) is 3.77. The van der Waals surface area contributed by atoms with Crippen LogP contribution < -0.4 is 0 Å². The number of thioether (sulfide) groups is 1. The molecule has 20 heavy (non-hydrogen) atoms. The van der Waals surface area contributed by atoms with Crippen molar-refractivity contribution in [1.82, 2.24) is 0 Å². The molecular formula is C16H21NO2S. The normalized spacial score (nSPS) is 11.9. The van der Waals surface area contributed by atoms with Gasteiger partial charge >= 0.3 is 5.97 Å². The van der Waals surface area contributed by atoms with E-state index in [9.17, 15) is 4.79 Å². The predicted molar refractivity (Wildman–Crippen MR) is 82.3 cm³/mol. The van der Waals surface area contributed by atoms with E-state index in [1.165, 1.54) is 0 Å². The molecule has 4 heteroatoms. The summed E-state index contributed by atoms with van der Waals surface area (Å²) in [5.41, 5.74) is 1.71. The molecule has 0 amide bonds. The molecule has 0 aliphatic carbocycles. The Hall–Kier alpha value is -1.47. The summed E-state index contributed by atoms with van der Waals surface area (Å²) in [5, 5.41) is 8.73. The van der Waals surface area contributed by atoms with Crippen LogP contribution in [0.4, 0.5) is 0 Å². The van der Waals surface area contributed by atoms with Crippen molar-refractivity contribution in [3.05, 3.63) is 35.4 Å². The number of rotatable bonds is 7. The van der Waals surface area contributed by atoms with E-state index >= 15 is 0 Å². The number of nitrogens with zero attached hydrogens (tertiary/aromatic N) is 1. The van der Waals surface area contributed by atoms with Crippen molar-refractivity contribution in [3.8, 4) is 6.07 Å². The molecule has 0 aliphatic rings. The van der Waals surface area contributed by atoms with Crippen molar-refractivity contribution in [2.45, 2.75) is 38.2 Å². The van der Waals surface area contributed by atoms with Crippen molar-refractivity contribution >= 4 is 17.7 Å². The van der Waals surface area contributed by atoms with Crippen molar-refractivity contribution in [3.63, 3.8) is 0 Å². The number of carbonyl (C=O) groups is 1. The fourth-order valence-corrected chi connectivity index (χ4v) is 2.63. The van der Waals surface area contributed by atoms with Crippen LogP contribution in [0.3, 0.4) is 0 Å². The third-order valence-electron chi connectivity index (χ3n) is 2.70. The largest absolute Gasteiger partial charge is 0.465 e. The summed E-state index contributed by atoms with van der Waals surface area (Å²) in [6.07, 6.45) is 0.750. The second-order valence-electron chi connectivity index (χ2n) is 5.04. The van der Waals surface area contributed by atoms with Gasteiger partial charge in [-0.15, -0.1) is 11.8 Å². The van der Waals surface area contributed by atoms with Crippen LogP contribution in [0.5, 0.6) is 0 Å². The summed E-state index contributed by atoms with van der Waals surface area (Å²) in [6, 6.07) is 9.60. The van der Waals surface area contributed by atoms with Gasteiger partial charge in [0, 0.05) is 5.75 Å². The Balaban J connectivity index is 2.52. The van der Waals surface area contributed by atoms with Crippen LogP contribution >= 0.6 is 11.8 Å². The first-order valence-electron chi connectivity index (χ1n) is 6.84. The minimum atomic E-state index is -0.139. The highest BCUT2D eigenvalue weighted by Crippen LogP contribution is 2.22. The molecular weight excluding hydrogens is 270 g/mol. The summed E-state index contributed by atoms with van der Waals surface area (Å²) in [4.78, 5) is 11.9. The lowest BCUT2D eigenvalue weighted by molar-refractivity contribution is -0.144. The van der Waals surface area contributed by atoms with E-state index in [2.05, 4.69) is 6.07 Å². The Morgan fingerprint density at radius 1 is 1.45 bits per heavy atom. The fourth-order valence-electron chi connectivity index (χ4n) is 1.62. The number of ether oxygens (including phenoxy) is 1. The van der Waals surface area contributed by atoms with Crippen LogP contribution in [-0.2, 0) is 15.3 Å². The maximum absolute atomic E-state index is 11.9. The van der Waals surface area contributed by atoms with E-state index in [-0.39, 0.29) is 11.2 Å². The third kappa shape index (κ3) is 5.66. The Kier molecular flexibility index (Phi) is 7.17. The molecule has 1 rings (SSSR count). The molecule has 3 nitrogen and oxygen atoms in total. The minimum Gasteiger partial charge on any atom is -0.465 e. The zero-order valence-electron chi connectivity index (χ0n) is 12.3. The molecule has 0 heterocycles. The van der Waals surface area contributed by atoms with E-state index in [1.807, 2.05) is 39.0 Å². The SMILES string of the molecule is CCC(SCc1cccc(C#N)c1)C(=O)OCC(C)C. The average Bonchev–Trinajstić information content (AvgIpc) is 2.46. The molecule has 1 unspecified atom stereocenters. The van der Waals surface area contributed by atoms with E-state index in [4.69, 9.17) is 10.00 Å². The van der Waals surface area contributed by atoms with Gasteiger partial charge in [0.05, 0.1) is 18.2 Å².